The Hall–Kier alpha value is -2.55. The van der Waals surface area contributed by atoms with Crippen LogP contribution in [0.5, 0.6) is 0 Å². The number of allylic oxidation sites excluding steroid dienone is 12. The van der Waals surface area contributed by atoms with Gasteiger partial charge in [-0.3, -0.25) is 14.2 Å². The fourth-order valence-corrected chi connectivity index (χ4v) is 9.45. The van der Waals surface area contributed by atoms with Gasteiger partial charge in [-0.15, -0.1) is 0 Å². The lowest BCUT2D eigenvalue weighted by molar-refractivity contribution is -0.870. The largest absolute Gasteiger partial charge is 0.756 e. The molecule has 0 rings (SSSR count). The molecule has 0 bridgehead atoms. The Morgan fingerprint density at radius 1 is 0.427 bits per heavy atom. The molecule has 0 N–H and O–H groups in total. The average Bonchev–Trinajstić information content (AvgIpc) is 3.37. The van der Waals surface area contributed by atoms with Crippen molar-refractivity contribution < 1.29 is 42.1 Å². The van der Waals surface area contributed by atoms with Crippen molar-refractivity contribution >= 4 is 19.8 Å². The van der Waals surface area contributed by atoms with E-state index in [1.54, 1.807) is 0 Å². The maximum Gasteiger partial charge on any atom is 0.306 e. The van der Waals surface area contributed by atoms with Crippen LogP contribution in [-0.4, -0.2) is 70.0 Å². The quantitative estimate of drug-likeness (QED) is 0.0195. The number of likely N-dealkylation sites (N-methyl/N-ethyl adjacent to an activating group) is 1. The van der Waals surface area contributed by atoms with E-state index in [-0.39, 0.29) is 32.0 Å². The molecule has 436 valence electrons. The molecule has 0 heterocycles. The number of carbonyl (C=O) groups excluding carboxylic acids is 2. The molecule has 0 amide bonds. The maximum atomic E-state index is 12.8. The van der Waals surface area contributed by atoms with Crippen LogP contribution in [0.4, 0.5) is 0 Å². The first-order chi connectivity index (χ1) is 36.5. The number of esters is 2. The first kappa shape index (κ1) is 72.5. The lowest BCUT2D eigenvalue weighted by Crippen LogP contribution is -2.37. The lowest BCUT2D eigenvalue weighted by atomic mass is 10.0. The first-order valence-electron chi connectivity index (χ1n) is 31.1. The summed E-state index contributed by atoms with van der Waals surface area (Å²) in [6, 6.07) is 0. The fourth-order valence-electron chi connectivity index (χ4n) is 8.72. The molecule has 10 heteroatoms. The van der Waals surface area contributed by atoms with Gasteiger partial charge in [-0.05, 0) is 64.2 Å². The van der Waals surface area contributed by atoms with Crippen LogP contribution in [0.25, 0.3) is 0 Å². The minimum absolute atomic E-state index is 0.0292. The highest BCUT2D eigenvalue weighted by molar-refractivity contribution is 7.45. The molecule has 0 aliphatic heterocycles. The van der Waals surface area contributed by atoms with Crippen molar-refractivity contribution in [2.75, 3.05) is 47.5 Å². The maximum absolute atomic E-state index is 12.8. The Labute approximate surface area is 463 Å². The summed E-state index contributed by atoms with van der Waals surface area (Å²) >= 11 is 0. The van der Waals surface area contributed by atoms with Crippen molar-refractivity contribution in [1.82, 2.24) is 0 Å². The van der Waals surface area contributed by atoms with E-state index in [1.165, 1.54) is 173 Å². The monoisotopic (exact) mass is 1070 g/mol. The van der Waals surface area contributed by atoms with Crippen LogP contribution in [0.3, 0.4) is 0 Å². The number of nitrogens with zero attached hydrogens (tertiary/aromatic N) is 1. The van der Waals surface area contributed by atoms with E-state index in [1.807, 2.05) is 21.1 Å². The van der Waals surface area contributed by atoms with Gasteiger partial charge in [0, 0.05) is 12.8 Å². The van der Waals surface area contributed by atoms with Crippen molar-refractivity contribution in [2.45, 2.75) is 283 Å². The van der Waals surface area contributed by atoms with Crippen LogP contribution in [0.15, 0.2) is 72.9 Å². The topological polar surface area (TPSA) is 111 Å². The average molecular weight is 1070 g/mol. The second-order valence-electron chi connectivity index (χ2n) is 22.0. The zero-order valence-electron chi connectivity index (χ0n) is 49.5. The molecule has 0 fully saturated rings. The molecule has 0 aromatic carbocycles. The summed E-state index contributed by atoms with van der Waals surface area (Å²) in [5.41, 5.74) is 0. The third-order valence-electron chi connectivity index (χ3n) is 13.5. The number of hydrogen-bond donors (Lipinski definition) is 0. The summed E-state index contributed by atoms with van der Waals surface area (Å²) in [7, 11) is 1.18. The van der Waals surface area contributed by atoms with E-state index in [0.29, 0.717) is 17.4 Å². The Kier molecular flexibility index (Phi) is 54.3. The normalized spacial score (nSPS) is 13.7. The molecular weight excluding hydrogens is 954 g/mol. The Morgan fingerprint density at radius 3 is 1.13 bits per heavy atom. The molecule has 0 saturated carbocycles. The first-order valence-corrected chi connectivity index (χ1v) is 32.6. The van der Waals surface area contributed by atoms with Gasteiger partial charge >= 0.3 is 11.9 Å². The van der Waals surface area contributed by atoms with Crippen molar-refractivity contribution in [3.8, 4) is 0 Å². The third-order valence-corrected chi connectivity index (χ3v) is 14.5. The number of ether oxygens (including phenoxy) is 2. The van der Waals surface area contributed by atoms with Gasteiger partial charge in [0.15, 0.2) is 6.10 Å². The SMILES string of the molecule is CC/C=C\C/C=C\C/C=C\C/C=C\C/C=C\C/C=C\CCCCCCCCCCCCCCCCCCCCCCCCC(=O)OC(COC(=O)CCCCCCCCCCCC)COP(=O)([O-])OCC[N+](C)(C)C. The highest BCUT2D eigenvalue weighted by Gasteiger charge is 2.22. The summed E-state index contributed by atoms with van der Waals surface area (Å²) in [5, 5.41) is 0. The lowest BCUT2D eigenvalue weighted by Gasteiger charge is -2.28. The summed E-state index contributed by atoms with van der Waals surface area (Å²) in [5.74, 6) is -0.824. The Balaban J connectivity index is 3.85. The fraction of sp³-hybridized carbons (Fsp3) is 0.785. The van der Waals surface area contributed by atoms with Gasteiger partial charge in [0.2, 0.25) is 0 Å². The minimum atomic E-state index is -4.63. The molecule has 0 aromatic heterocycles. The van der Waals surface area contributed by atoms with Crippen molar-refractivity contribution in [3.05, 3.63) is 72.9 Å². The van der Waals surface area contributed by atoms with E-state index >= 15 is 0 Å². The molecule has 0 aromatic rings. The molecule has 0 aliphatic rings. The Morgan fingerprint density at radius 2 is 0.760 bits per heavy atom. The summed E-state index contributed by atoms with van der Waals surface area (Å²) in [6.07, 6.45) is 74.2. The van der Waals surface area contributed by atoms with Gasteiger partial charge in [-0.25, -0.2) is 0 Å². The standard InChI is InChI=1S/C65H118NO8P/c1-6-8-10-12-14-16-18-19-20-21-22-23-24-25-26-27-28-29-30-31-32-33-34-35-36-37-38-39-40-41-42-43-44-45-46-47-48-50-52-54-56-58-65(68)74-63(62-73-75(69,70)72-60-59-66(3,4)5)61-71-64(67)57-55-53-51-49-17-15-13-11-9-7-2/h8,10,14,16,19-20,22-23,25-26,28-29,63H,6-7,9,11-13,15,17-18,21,24,27,30-62H2,1-5H3/b10-8-,16-14-,20-19-,23-22-,26-25-,29-28-. The molecule has 0 radical (unpaired) electrons. The summed E-state index contributed by atoms with van der Waals surface area (Å²) < 4.78 is 34.1. The number of phosphoric ester groups is 1. The van der Waals surface area contributed by atoms with Crippen LogP contribution in [0, 0.1) is 0 Å². The Bertz CT molecular complexity index is 1500. The van der Waals surface area contributed by atoms with Gasteiger partial charge in [0.25, 0.3) is 7.82 Å². The van der Waals surface area contributed by atoms with Gasteiger partial charge in [0.05, 0.1) is 27.7 Å². The zero-order chi connectivity index (χ0) is 54.9. The number of quaternary nitrogens is 1. The molecule has 0 saturated heterocycles. The van der Waals surface area contributed by atoms with Crippen molar-refractivity contribution in [3.63, 3.8) is 0 Å². The number of carbonyl (C=O) groups is 2. The summed E-state index contributed by atoms with van der Waals surface area (Å²) in [4.78, 5) is 37.7. The van der Waals surface area contributed by atoms with Gasteiger partial charge < -0.3 is 27.9 Å². The van der Waals surface area contributed by atoms with E-state index in [0.717, 1.165) is 70.6 Å². The van der Waals surface area contributed by atoms with Crippen LogP contribution in [-0.2, 0) is 32.7 Å². The van der Waals surface area contributed by atoms with Gasteiger partial charge in [0.1, 0.15) is 19.8 Å². The molecule has 2 unspecified atom stereocenters. The van der Waals surface area contributed by atoms with Crippen molar-refractivity contribution in [2.24, 2.45) is 0 Å². The molecular formula is C65H118NO8P. The second kappa shape index (κ2) is 56.2. The number of unbranched alkanes of at least 4 members (excludes halogenated alkanes) is 31. The van der Waals surface area contributed by atoms with E-state index in [9.17, 15) is 19.0 Å². The number of hydrogen-bond acceptors (Lipinski definition) is 8. The molecule has 75 heavy (non-hydrogen) atoms. The highest BCUT2D eigenvalue weighted by Crippen LogP contribution is 2.38. The summed E-state index contributed by atoms with van der Waals surface area (Å²) in [6.45, 7) is 4.13. The predicted octanol–water partition coefficient (Wildman–Crippen LogP) is 19.0. The molecule has 9 nitrogen and oxygen atoms in total. The van der Waals surface area contributed by atoms with Crippen LogP contribution in [0.1, 0.15) is 277 Å². The second-order valence-corrected chi connectivity index (χ2v) is 23.5. The van der Waals surface area contributed by atoms with Gasteiger partial charge in [-0.1, -0.05) is 273 Å². The molecule has 0 aliphatic carbocycles. The minimum Gasteiger partial charge on any atom is -0.756 e. The van der Waals surface area contributed by atoms with Crippen LogP contribution >= 0.6 is 7.82 Å². The predicted molar refractivity (Wildman–Crippen MR) is 319 cm³/mol. The number of rotatable bonds is 57. The molecule has 2 atom stereocenters. The van der Waals surface area contributed by atoms with E-state index in [4.69, 9.17) is 18.5 Å². The third kappa shape index (κ3) is 60.5. The highest BCUT2D eigenvalue weighted by atomic mass is 31.2. The van der Waals surface area contributed by atoms with E-state index in [2.05, 4.69) is 86.8 Å². The van der Waals surface area contributed by atoms with Crippen LogP contribution < -0.4 is 4.89 Å². The smallest absolute Gasteiger partial charge is 0.306 e. The van der Waals surface area contributed by atoms with Gasteiger partial charge in [-0.2, -0.15) is 0 Å². The zero-order valence-corrected chi connectivity index (χ0v) is 50.4. The number of phosphoric acid groups is 1. The van der Waals surface area contributed by atoms with E-state index < -0.39 is 26.5 Å². The van der Waals surface area contributed by atoms with Crippen molar-refractivity contribution in [1.29, 1.82) is 0 Å². The van der Waals surface area contributed by atoms with Crippen LogP contribution in [0.2, 0.25) is 0 Å². The molecule has 0 spiro atoms.